The monoisotopic (exact) mass is 957 g/mol. The van der Waals surface area contributed by atoms with E-state index in [1.807, 2.05) is 0 Å². The van der Waals surface area contributed by atoms with Crippen LogP contribution in [0.25, 0.3) is 0 Å². The maximum Gasteiger partial charge on any atom is 0.243 e. The van der Waals surface area contributed by atoms with E-state index in [-0.39, 0.29) is 53.0 Å². The average Bonchev–Trinajstić information content (AvgIpc) is 3.14. The third-order valence-electron chi connectivity index (χ3n) is 8.24. The summed E-state index contributed by atoms with van der Waals surface area (Å²) in [5.74, 6) is -4.72. The molecule has 0 saturated carbocycles. The molecule has 1 rings (SSSR count). The van der Waals surface area contributed by atoms with Gasteiger partial charge in [-0.15, -0.1) is 0 Å². The zero-order valence-corrected chi connectivity index (χ0v) is 35.6. The summed E-state index contributed by atoms with van der Waals surface area (Å²) >= 11 is 9.21. The van der Waals surface area contributed by atoms with Gasteiger partial charge in [0.05, 0.1) is 16.0 Å². The lowest BCUT2D eigenvalue weighted by molar-refractivity contribution is -0.136. The zero-order chi connectivity index (χ0) is 40.6. The van der Waals surface area contributed by atoms with E-state index in [0.29, 0.717) is 58.2 Å². The molecule has 1 aliphatic rings. The van der Waals surface area contributed by atoms with E-state index in [1.165, 1.54) is 20.8 Å². The number of carbonyl (C=O) groups excluding carboxylic acids is 9. The van der Waals surface area contributed by atoms with E-state index in [0.717, 1.165) is 0 Å². The number of unbranched alkanes of at least 4 members (excludes halogenated alkanes) is 3. The molecule has 0 bridgehead atoms. The molecule has 9 amide bonds. The summed E-state index contributed by atoms with van der Waals surface area (Å²) in [4.78, 5) is 115. The highest BCUT2D eigenvalue weighted by Crippen LogP contribution is 2.08. The molecule has 1 heterocycles. The van der Waals surface area contributed by atoms with Crippen molar-refractivity contribution in [3.05, 3.63) is 0 Å². The Balaban J connectivity index is 3.31. The van der Waals surface area contributed by atoms with Crippen LogP contribution in [0.2, 0.25) is 0 Å². The fourth-order valence-corrected chi connectivity index (χ4v) is 5.68. The number of amides is 9. The molecule has 0 aromatic carbocycles. The van der Waals surface area contributed by atoms with E-state index in [1.54, 1.807) is 0 Å². The van der Waals surface area contributed by atoms with Crippen molar-refractivity contribution in [3.8, 4) is 0 Å². The fourth-order valence-electron chi connectivity index (χ4n) is 5.08. The normalized spacial score (nSPS) is 23.2. The lowest BCUT2D eigenvalue weighted by atomic mass is 10.1. The highest BCUT2D eigenvalue weighted by Gasteiger charge is 2.32. The van der Waals surface area contributed by atoms with E-state index >= 15 is 0 Å². The van der Waals surface area contributed by atoms with Gasteiger partial charge in [-0.1, -0.05) is 47.8 Å². The number of hydrogen-bond donors (Lipinski definition) is 9. The van der Waals surface area contributed by atoms with Gasteiger partial charge in [0, 0.05) is 19.6 Å². The van der Waals surface area contributed by atoms with E-state index in [2.05, 4.69) is 95.6 Å². The third kappa shape index (κ3) is 19.8. The maximum atomic E-state index is 13.5. The molecule has 0 radical (unpaired) electrons. The summed E-state index contributed by atoms with van der Waals surface area (Å²) < 4.78 is 0. The lowest BCUT2D eigenvalue weighted by Gasteiger charge is -2.27. The summed E-state index contributed by atoms with van der Waals surface area (Å²) in [7, 11) is 0. The quantitative estimate of drug-likeness (QED) is 0.0603. The predicted molar refractivity (Wildman–Crippen MR) is 211 cm³/mol. The topological polar surface area (TPSA) is 262 Å². The van der Waals surface area contributed by atoms with Crippen molar-refractivity contribution >= 4 is 101 Å². The van der Waals surface area contributed by atoms with Crippen LogP contribution in [-0.4, -0.2) is 125 Å². The summed E-state index contributed by atoms with van der Waals surface area (Å²) in [5.41, 5.74) is 0. The standard InChI is InChI=1S/C33H54Br3N9O9/c1-19-28(49)43-23(11-5-8-14-38-26(47)17-35)32(53)41-21(3)30(51)45-24(12-6-9-15-39-27(48)18-36)33(54)42-20(2)29(50)44-22(31(52)40-19)10-4-7-13-37-25(46)16-34/h19-24H,4-18H2,1-3H3,(H,37,46)(H,38,47)(H,39,48)(H,40,52)(H,41,53)(H,42,54)(H,43,49)(H,44,50)(H,45,51)/t19-,20-,21-,22+,23+,24+/m1/s1. The minimum absolute atomic E-state index is 0.134. The highest BCUT2D eigenvalue weighted by atomic mass is 79.9. The summed E-state index contributed by atoms with van der Waals surface area (Å²) in [6.07, 6.45) is 3.07. The smallest absolute Gasteiger partial charge is 0.243 e. The van der Waals surface area contributed by atoms with Crippen molar-refractivity contribution in [2.75, 3.05) is 35.6 Å². The highest BCUT2D eigenvalue weighted by molar-refractivity contribution is 9.09. The van der Waals surface area contributed by atoms with Gasteiger partial charge < -0.3 is 47.9 Å². The molecule has 0 unspecified atom stereocenters. The van der Waals surface area contributed by atoms with Gasteiger partial charge in [0.2, 0.25) is 53.2 Å². The van der Waals surface area contributed by atoms with Gasteiger partial charge in [-0.25, -0.2) is 0 Å². The van der Waals surface area contributed by atoms with Crippen LogP contribution in [0.15, 0.2) is 0 Å². The van der Waals surface area contributed by atoms with Crippen LogP contribution in [-0.2, 0) is 43.2 Å². The Morgan fingerprint density at radius 3 is 0.889 bits per heavy atom. The van der Waals surface area contributed by atoms with Crippen LogP contribution in [0.1, 0.15) is 78.6 Å². The molecule has 0 aromatic rings. The largest absolute Gasteiger partial charge is 0.355 e. The van der Waals surface area contributed by atoms with Gasteiger partial charge >= 0.3 is 0 Å². The van der Waals surface area contributed by atoms with Crippen molar-refractivity contribution in [3.63, 3.8) is 0 Å². The SMILES string of the molecule is C[C@H]1NC(=O)[C@H](CCCCNC(=O)CBr)NC(=O)[C@@H](C)NC(=O)[C@H](CCCCNC(=O)CBr)NC(=O)[C@@H](C)NC(=O)[C@H](CCCCNC(=O)CBr)NC1=O. The zero-order valence-electron chi connectivity index (χ0n) is 30.9. The lowest BCUT2D eigenvalue weighted by Crippen LogP contribution is -2.60. The molecule has 306 valence electrons. The molecule has 1 fully saturated rings. The van der Waals surface area contributed by atoms with Crippen LogP contribution in [0, 0.1) is 0 Å². The van der Waals surface area contributed by atoms with Crippen molar-refractivity contribution in [2.24, 2.45) is 0 Å². The van der Waals surface area contributed by atoms with Crippen LogP contribution in [0.3, 0.4) is 0 Å². The van der Waals surface area contributed by atoms with E-state index < -0.39 is 71.7 Å². The number of carbonyl (C=O) groups is 9. The maximum absolute atomic E-state index is 13.5. The summed E-state index contributed by atoms with van der Waals surface area (Å²) in [6.45, 7) is 5.25. The number of nitrogens with one attached hydrogen (secondary N) is 9. The Bertz CT molecular complexity index is 1160. The number of alkyl halides is 3. The van der Waals surface area contributed by atoms with Crippen LogP contribution < -0.4 is 47.9 Å². The summed E-state index contributed by atoms with van der Waals surface area (Å²) in [5, 5.41) is 24.2. The van der Waals surface area contributed by atoms with Crippen LogP contribution in [0.5, 0.6) is 0 Å². The van der Waals surface area contributed by atoms with Gasteiger partial charge in [0.1, 0.15) is 36.3 Å². The van der Waals surface area contributed by atoms with Crippen molar-refractivity contribution in [2.45, 2.75) is 115 Å². The first-order valence-electron chi connectivity index (χ1n) is 17.9. The van der Waals surface area contributed by atoms with Gasteiger partial charge in [-0.2, -0.15) is 0 Å². The second-order valence-corrected chi connectivity index (χ2v) is 14.5. The molecule has 6 atom stereocenters. The van der Waals surface area contributed by atoms with Gasteiger partial charge in [-0.3, -0.25) is 43.2 Å². The first-order chi connectivity index (χ1) is 25.6. The fraction of sp³-hybridized carbons (Fsp3) is 0.727. The average molecular weight is 961 g/mol. The molecule has 1 aliphatic heterocycles. The van der Waals surface area contributed by atoms with Gasteiger partial charge in [-0.05, 0) is 78.6 Å². The second-order valence-electron chi connectivity index (χ2n) is 12.8. The first-order valence-corrected chi connectivity index (χ1v) is 21.3. The van der Waals surface area contributed by atoms with Gasteiger partial charge in [0.25, 0.3) is 0 Å². The Kier molecular flexibility index (Phi) is 24.6. The minimum atomic E-state index is -1.14. The van der Waals surface area contributed by atoms with Crippen molar-refractivity contribution in [1.29, 1.82) is 0 Å². The molecule has 9 N–H and O–H groups in total. The Morgan fingerprint density at radius 1 is 0.426 bits per heavy atom. The van der Waals surface area contributed by atoms with E-state index in [9.17, 15) is 43.2 Å². The number of halogens is 3. The molecular weight excluding hydrogens is 906 g/mol. The molecule has 21 heteroatoms. The molecule has 1 saturated heterocycles. The second kappa shape index (κ2) is 27.3. The number of hydrogen-bond acceptors (Lipinski definition) is 9. The summed E-state index contributed by atoms with van der Waals surface area (Å²) in [6, 6.07) is -6.81. The molecule has 18 nitrogen and oxygen atoms in total. The Labute approximate surface area is 340 Å². The molecule has 54 heavy (non-hydrogen) atoms. The van der Waals surface area contributed by atoms with Crippen LogP contribution in [0.4, 0.5) is 0 Å². The predicted octanol–water partition coefficient (Wildman–Crippen LogP) is -0.987. The Morgan fingerprint density at radius 2 is 0.667 bits per heavy atom. The minimum Gasteiger partial charge on any atom is -0.355 e. The molecule has 0 aliphatic carbocycles. The van der Waals surface area contributed by atoms with Crippen molar-refractivity contribution in [1.82, 2.24) is 47.9 Å². The first kappa shape index (κ1) is 48.7. The molecule has 0 aromatic heterocycles. The van der Waals surface area contributed by atoms with E-state index in [4.69, 9.17) is 0 Å². The molecular formula is C33H54Br3N9O9. The Hall–Kier alpha value is -3.33. The van der Waals surface area contributed by atoms with Gasteiger partial charge in [0.15, 0.2) is 0 Å². The van der Waals surface area contributed by atoms with Crippen LogP contribution >= 0.6 is 47.8 Å². The number of rotatable bonds is 18. The third-order valence-corrected chi connectivity index (χ3v) is 9.77. The van der Waals surface area contributed by atoms with Crippen molar-refractivity contribution < 1.29 is 43.2 Å². The molecule has 0 spiro atoms.